The van der Waals surface area contributed by atoms with Crippen molar-refractivity contribution in [2.75, 3.05) is 5.32 Å². The van der Waals surface area contributed by atoms with Gasteiger partial charge in [-0.05, 0) is 48.0 Å². The average molecular weight is 493 g/mol. The molecule has 1 amide bonds. The molecule has 0 fully saturated rings. The van der Waals surface area contributed by atoms with Crippen LogP contribution >= 0.6 is 46.4 Å². The van der Waals surface area contributed by atoms with Crippen molar-refractivity contribution in [1.29, 1.82) is 0 Å². The minimum absolute atomic E-state index is 0.0748. The number of aromatic nitrogens is 2. The van der Waals surface area contributed by atoms with Gasteiger partial charge in [-0.2, -0.15) is 0 Å². The number of carbonyl (C=O) groups is 2. The Kier molecular flexibility index (Phi) is 6.21. The lowest BCUT2D eigenvalue weighted by molar-refractivity contribution is -0.112. The molecular weight excluding hydrogens is 480 g/mol. The third-order valence-corrected chi connectivity index (χ3v) is 5.72. The molecule has 9 heteroatoms. The summed E-state index contributed by atoms with van der Waals surface area (Å²) in [6, 6.07) is 15.3. The molecule has 0 aliphatic rings. The maximum absolute atomic E-state index is 13.1. The van der Waals surface area contributed by atoms with E-state index in [0.717, 1.165) is 5.56 Å². The second-order valence-electron chi connectivity index (χ2n) is 6.69. The molecule has 0 atom stereocenters. The van der Waals surface area contributed by atoms with Crippen LogP contribution in [0.3, 0.4) is 0 Å². The zero-order valence-corrected chi connectivity index (χ0v) is 18.7. The predicted molar refractivity (Wildman–Crippen MR) is 125 cm³/mol. The van der Waals surface area contributed by atoms with Crippen LogP contribution in [0.25, 0.3) is 10.9 Å². The van der Waals surface area contributed by atoms with Crippen molar-refractivity contribution in [3.05, 3.63) is 92.3 Å². The summed E-state index contributed by atoms with van der Waals surface area (Å²) < 4.78 is 1.75. The van der Waals surface area contributed by atoms with Gasteiger partial charge in [-0.1, -0.05) is 58.5 Å². The molecule has 0 radical (unpaired) electrons. The highest BCUT2D eigenvalue weighted by Crippen LogP contribution is 2.33. The highest BCUT2D eigenvalue weighted by molar-refractivity contribution is 6.52. The van der Waals surface area contributed by atoms with Crippen molar-refractivity contribution >= 4 is 74.7 Å². The quantitative estimate of drug-likeness (QED) is 0.196. The van der Waals surface area contributed by atoms with E-state index in [1.54, 1.807) is 34.9 Å². The number of Topliss-reactive ketones (excluding diaryl/α,β-unsaturated/α-hetero) is 1. The summed E-state index contributed by atoms with van der Waals surface area (Å²) >= 11 is 24.6. The molecule has 0 aliphatic heterocycles. The standard InChI is InChI=1S/C22H13Cl4N3O2/c23-13-3-1-12(2-4-13)11-29-17-6-5-14(24)9-16(17)19(21(29)26)20(30)22(31)28-15-7-8-27-18(25)10-15/h1-10H,11H2,(H,27,28,31). The largest absolute Gasteiger partial charge is 0.327 e. The highest BCUT2D eigenvalue weighted by Gasteiger charge is 2.27. The Bertz CT molecular complexity index is 1320. The van der Waals surface area contributed by atoms with Gasteiger partial charge in [0.05, 0.1) is 11.1 Å². The summed E-state index contributed by atoms with van der Waals surface area (Å²) in [7, 11) is 0. The lowest BCUT2D eigenvalue weighted by Crippen LogP contribution is -2.23. The van der Waals surface area contributed by atoms with Gasteiger partial charge in [-0.3, -0.25) is 9.59 Å². The van der Waals surface area contributed by atoms with Crippen LogP contribution in [0.1, 0.15) is 15.9 Å². The Labute approximate surface area is 197 Å². The van der Waals surface area contributed by atoms with Crippen molar-refractivity contribution in [1.82, 2.24) is 9.55 Å². The molecule has 156 valence electrons. The molecular formula is C22H13Cl4N3O2. The molecule has 0 unspecified atom stereocenters. The number of benzene rings is 2. The van der Waals surface area contributed by atoms with Gasteiger partial charge in [0.2, 0.25) is 0 Å². The van der Waals surface area contributed by atoms with Gasteiger partial charge in [-0.25, -0.2) is 4.98 Å². The van der Waals surface area contributed by atoms with E-state index in [9.17, 15) is 9.59 Å². The summed E-state index contributed by atoms with van der Waals surface area (Å²) in [6.07, 6.45) is 1.42. The number of fused-ring (bicyclic) bond motifs is 1. The SMILES string of the molecule is O=C(Nc1ccnc(Cl)c1)C(=O)c1c(Cl)n(Cc2ccc(Cl)cc2)c2ccc(Cl)cc12. The van der Waals surface area contributed by atoms with Crippen molar-refractivity contribution < 1.29 is 9.59 Å². The minimum atomic E-state index is -0.852. The molecule has 2 heterocycles. The summed E-state index contributed by atoms with van der Waals surface area (Å²) in [6.45, 7) is 0.378. The minimum Gasteiger partial charge on any atom is -0.327 e. The second kappa shape index (κ2) is 8.89. The maximum Gasteiger partial charge on any atom is 0.296 e. The van der Waals surface area contributed by atoms with E-state index in [0.29, 0.717) is 33.2 Å². The van der Waals surface area contributed by atoms with E-state index < -0.39 is 11.7 Å². The number of pyridine rings is 1. The first-order valence-corrected chi connectivity index (χ1v) is 10.5. The van der Waals surface area contributed by atoms with Gasteiger partial charge in [0.15, 0.2) is 0 Å². The lowest BCUT2D eigenvalue weighted by Gasteiger charge is -2.08. The first-order chi connectivity index (χ1) is 14.8. The van der Waals surface area contributed by atoms with Gasteiger partial charge in [0, 0.05) is 33.9 Å². The molecule has 1 N–H and O–H groups in total. The van der Waals surface area contributed by atoms with Gasteiger partial charge in [0.1, 0.15) is 10.3 Å². The molecule has 0 aliphatic carbocycles. The lowest BCUT2D eigenvalue weighted by atomic mass is 10.1. The Morgan fingerprint density at radius 2 is 1.61 bits per heavy atom. The fourth-order valence-corrected chi connectivity index (χ4v) is 4.03. The number of carbonyl (C=O) groups excluding carboxylic acids is 2. The third kappa shape index (κ3) is 4.55. The molecule has 31 heavy (non-hydrogen) atoms. The van der Waals surface area contributed by atoms with Gasteiger partial charge < -0.3 is 9.88 Å². The number of hydrogen-bond acceptors (Lipinski definition) is 3. The molecule has 2 aromatic heterocycles. The monoisotopic (exact) mass is 491 g/mol. The Balaban J connectivity index is 1.75. The maximum atomic E-state index is 13.1. The predicted octanol–water partition coefficient (Wildman–Crippen LogP) is 6.52. The summed E-state index contributed by atoms with van der Waals surface area (Å²) in [5, 5.41) is 4.37. The van der Waals surface area contributed by atoms with E-state index in [-0.39, 0.29) is 15.9 Å². The van der Waals surface area contributed by atoms with Crippen LogP contribution in [0.2, 0.25) is 20.4 Å². The van der Waals surface area contributed by atoms with E-state index in [1.807, 2.05) is 12.1 Å². The first-order valence-electron chi connectivity index (χ1n) is 9.02. The molecule has 4 rings (SSSR count). The van der Waals surface area contributed by atoms with Crippen molar-refractivity contribution in [2.24, 2.45) is 0 Å². The van der Waals surface area contributed by atoms with Crippen LogP contribution in [0.5, 0.6) is 0 Å². The van der Waals surface area contributed by atoms with Crippen molar-refractivity contribution in [2.45, 2.75) is 6.54 Å². The van der Waals surface area contributed by atoms with Crippen LogP contribution < -0.4 is 5.32 Å². The average Bonchev–Trinajstić information content (AvgIpc) is 2.99. The van der Waals surface area contributed by atoms with Crippen LogP contribution in [0.4, 0.5) is 5.69 Å². The number of rotatable bonds is 5. The van der Waals surface area contributed by atoms with Gasteiger partial charge >= 0.3 is 0 Å². The molecule has 2 aromatic carbocycles. The first kappa shape index (κ1) is 21.7. The molecule has 0 saturated heterocycles. The van der Waals surface area contributed by atoms with E-state index in [1.165, 1.54) is 18.3 Å². The fourth-order valence-electron chi connectivity index (χ4n) is 3.22. The van der Waals surface area contributed by atoms with Crippen LogP contribution in [0, 0.1) is 0 Å². The molecule has 0 bridgehead atoms. The molecule has 5 nitrogen and oxygen atoms in total. The van der Waals surface area contributed by atoms with E-state index in [4.69, 9.17) is 46.4 Å². The number of anilines is 1. The topological polar surface area (TPSA) is 64.0 Å². The Morgan fingerprint density at radius 3 is 2.32 bits per heavy atom. The Hall–Kier alpha value is -2.57. The highest BCUT2D eigenvalue weighted by atomic mass is 35.5. The van der Waals surface area contributed by atoms with Crippen LogP contribution in [-0.2, 0) is 11.3 Å². The molecule has 0 saturated carbocycles. The van der Waals surface area contributed by atoms with Crippen LogP contribution in [-0.4, -0.2) is 21.2 Å². The fraction of sp³-hybridized carbons (Fsp3) is 0.0455. The second-order valence-corrected chi connectivity index (χ2v) is 8.31. The smallest absolute Gasteiger partial charge is 0.296 e. The van der Waals surface area contributed by atoms with Gasteiger partial charge in [0.25, 0.3) is 11.7 Å². The summed E-state index contributed by atoms with van der Waals surface area (Å²) in [5.41, 5.74) is 2.02. The number of amides is 1. The Morgan fingerprint density at radius 1 is 0.903 bits per heavy atom. The summed E-state index contributed by atoms with van der Waals surface area (Å²) in [4.78, 5) is 29.6. The number of ketones is 1. The summed E-state index contributed by atoms with van der Waals surface area (Å²) in [5.74, 6) is -1.64. The number of halogens is 4. The molecule has 0 spiro atoms. The number of hydrogen-bond donors (Lipinski definition) is 1. The van der Waals surface area contributed by atoms with Crippen molar-refractivity contribution in [3.63, 3.8) is 0 Å². The van der Waals surface area contributed by atoms with E-state index in [2.05, 4.69) is 10.3 Å². The van der Waals surface area contributed by atoms with Crippen LogP contribution in [0.15, 0.2) is 60.8 Å². The van der Waals surface area contributed by atoms with Gasteiger partial charge in [-0.15, -0.1) is 0 Å². The normalized spacial score (nSPS) is 11.0. The number of nitrogens with zero attached hydrogens (tertiary/aromatic N) is 2. The van der Waals surface area contributed by atoms with Crippen molar-refractivity contribution in [3.8, 4) is 0 Å². The zero-order chi connectivity index (χ0) is 22.1. The molecule has 4 aromatic rings. The zero-order valence-electron chi connectivity index (χ0n) is 15.7. The third-order valence-electron chi connectivity index (χ3n) is 4.63. The van der Waals surface area contributed by atoms with E-state index >= 15 is 0 Å². The number of nitrogens with one attached hydrogen (secondary N) is 1.